The summed E-state index contributed by atoms with van der Waals surface area (Å²) in [6.45, 7) is 0. The molecule has 5 heteroatoms. The minimum absolute atomic E-state index is 0.825. The minimum Gasteiger partial charge on any atom is -0.456 e. The average molecular weight is 702 g/mol. The van der Waals surface area contributed by atoms with Crippen molar-refractivity contribution in [2.24, 2.45) is 0 Å². The third-order valence-corrected chi connectivity index (χ3v) is 11.5. The quantitative estimate of drug-likeness (QED) is 0.184. The Bertz CT molecular complexity index is 3630. The van der Waals surface area contributed by atoms with E-state index in [0.717, 1.165) is 116 Å². The maximum Gasteiger partial charge on any atom is 0.136 e. The Morgan fingerprint density at radius 3 is 1.58 bits per heavy atom. The Morgan fingerprint density at radius 1 is 0.345 bits per heavy atom. The Balaban J connectivity index is 1.14. The number of aromatic nitrogens is 3. The summed E-state index contributed by atoms with van der Waals surface area (Å²) in [4.78, 5) is 10.8. The molecular formula is C50H27N3O2. The number of hydrogen-bond acceptors (Lipinski definition) is 4. The second kappa shape index (κ2) is 10.6. The van der Waals surface area contributed by atoms with Gasteiger partial charge in [0.15, 0.2) is 0 Å². The molecule has 0 spiro atoms. The van der Waals surface area contributed by atoms with E-state index in [1.54, 1.807) is 0 Å². The zero-order chi connectivity index (χ0) is 35.8. The summed E-state index contributed by atoms with van der Waals surface area (Å²) in [7, 11) is 0. The van der Waals surface area contributed by atoms with Crippen LogP contribution in [0.1, 0.15) is 0 Å². The first-order chi connectivity index (χ1) is 27.3. The molecule has 4 heterocycles. The van der Waals surface area contributed by atoms with Crippen molar-refractivity contribution < 1.29 is 8.83 Å². The van der Waals surface area contributed by atoms with Crippen molar-refractivity contribution in [2.75, 3.05) is 0 Å². The molecule has 5 nitrogen and oxygen atoms in total. The van der Waals surface area contributed by atoms with Gasteiger partial charge in [-0.2, -0.15) is 0 Å². The average Bonchev–Trinajstić information content (AvgIpc) is 3.74. The molecule has 0 amide bonds. The lowest BCUT2D eigenvalue weighted by molar-refractivity contribution is 0.664. The molecule has 0 aliphatic carbocycles. The number of fused-ring (bicyclic) bond motifs is 5. The fourth-order valence-electron chi connectivity index (χ4n) is 9.27. The highest BCUT2D eigenvalue weighted by molar-refractivity contribution is 6.34. The molecule has 254 valence electrons. The van der Waals surface area contributed by atoms with Crippen molar-refractivity contribution in [3.8, 4) is 28.2 Å². The summed E-state index contributed by atoms with van der Waals surface area (Å²) in [5.41, 5.74) is 12.2. The first kappa shape index (κ1) is 29.0. The second-order valence-corrected chi connectivity index (χ2v) is 14.4. The fraction of sp³-hybridized carbons (Fsp3) is 0. The van der Waals surface area contributed by atoms with Gasteiger partial charge in [-0.25, -0.2) is 9.97 Å². The molecule has 0 radical (unpaired) electrons. The van der Waals surface area contributed by atoms with E-state index in [1.807, 2.05) is 48.5 Å². The number of para-hydroxylation sites is 3. The monoisotopic (exact) mass is 701 g/mol. The molecule has 0 aliphatic rings. The molecule has 0 fully saturated rings. The summed E-state index contributed by atoms with van der Waals surface area (Å²) >= 11 is 0. The van der Waals surface area contributed by atoms with Crippen LogP contribution in [-0.2, 0) is 0 Å². The van der Waals surface area contributed by atoms with Crippen LogP contribution in [0.15, 0.2) is 173 Å². The lowest BCUT2D eigenvalue weighted by Crippen LogP contribution is -1.99. The zero-order valence-corrected chi connectivity index (χ0v) is 29.2. The molecule has 0 unspecified atom stereocenters. The Labute approximate surface area is 312 Å². The molecule has 0 N–H and O–H groups in total. The van der Waals surface area contributed by atoms with E-state index >= 15 is 0 Å². The van der Waals surface area contributed by atoms with Crippen LogP contribution in [0.25, 0.3) is 126 Å². The van der Waals surface area contributed by atoms with Gasteiger partial charge in [0.05, 0.1) is 39.1 Å². The number of furan rings is 1. The third kappa shape index (κ3) is 3.86. The van der Waals surface area contributed by atoms with Gasteiger partial charge in [0.2, 0.25) is 0 Å². The molecule has 0 saturated heterocycles. The number of nitrogens with zero attached hydrogens (tertiary/aromatic N) is 3. The van der Waals surface area contributed by atoms with E-state index in [-0.39, 0.29) is 0 Å². The first-order valence-electron chi connectivity index (χ1n) is 18.6. The van der Waals surface area contributed by atoms with Crippen molar-refractivity contribution >= 4 is 98.3 Å². The lowest BCUT2D eigenvalue weighted by Gasteiger charge is -2.16. The highest BCUT2D eigenvalue weighted by Gasteiger charge is 2.24. The summed E-state index contributed by atoms with van der Waals surface area (Å²) in [6, 6.07) is 57.5. The van der Waals surface area contributed by atoms with E-state index < -0.39 is 0 Å². The van der Waals surface area contributed by atoms with Crippen LogP contribution in [0, 0.1) is 0 Å². The predicted octanol–water partition coefficient (Wildman–Crippen LogP) is 13.6. The Morgan fingerprint density at radius 2 is 0.855 bits per heavy atom. The first-order valence-corrected chi connectivity index (χ1v) is 18.6. The van der Waals surface area contributed by atoms with E-state index in [1.165, 1.54) is 10.8 Å². The molecule has 13 aromatic rings. The maximum absolute atomic E-state index is 6.69. The predicted molar refractivity (Wildman–Crippen MR) is 226 cm³/mol. The normalized spacial score (nSPS) is 12.4. The van der Waals surface area contributed by atoms with Gasteiger partial charge in [-0.1, -0.05) is 109 Å². The van der Waals surface area contributed by atoms with Gasteiger partial charge >= 0.3 is 0 Å². The minimum atomic E-state index is 0.825. The van der Waals surface area contributed by atoms with Crippen molar-refractivity contribution in [2.45, 2.75) is 0 Å². The van der Waals surface area contributed by atoms with Crippen molar-refractivity contribution in [1.82, 2.24) is 14.5 Å². The zero-order valence-electron chi connectivity index (χ0n) is 29.2. The molecule has 0 bridgehead atoms. The number of benzene rings is 9. The Kier molecular flexibility index (Phi) is 5.57. The van der Waals surface area contributed by atoms with E-state index in [0.29, 0.717) is 0 Å². The highest BCUT2D eigenvalue weighted by atomic mass is 16.3. The summed E-state index contributed by atoms with van der Waals surface area (Å²) < 4.78 is 15.5. The van der Waals surface area contributed by atoms with Crippen molar-refractivity contribution in [1.29, 1.82) is 0 Å². The van der Waals surface area contributed by atoms with Gasteiger partial charge in [0.1, 0.15) is 22.3 Å². The third-order valence-electron chi connectivity index (χ3n) is 11.5. The number of hydrogen-bond donors (Lipinski definition) is 0. The number of rotatable bonds is 3. The molecule has 4 aromatic heterocycles. The fourth-order valence-corrected chi connectivity index (χ4v) is 9.27. The molecule has 9 aromatic carbocycles. The second-order valence-electron chi connectivity index (χ2n) is 14.4. The van der Waals surface area contributed by atoms with E-state index in [9.17, 15) is 0 Å². The lowest BCUT2D eigenvalue weighted by atomic mass is 9.95. The summed E-state index contributed by atoms with van der Waals surface area (Å²) in [5, 5.41) is 11.4. The van der Waals surface area contributed by atoms with Crippen LogP contribution >= 0.6 is 0 Å². The summed E-state index contributed by atoms with van der Waals surface area (Å²) in [5.74, 6) is 0. The van der Waals surface area contributed by atoms with Crippen LogP contribution in [0.4, 0.5) is 0 Å². The van der Waals surface area contributed by atoms with Gasteiger partial charge in [-0.15, -0.1) is 0 Å². The van der Waals surface area contributed by atoms with Gasteiger partial charge in [0, 0.05) is 48.8 Å². The standard InChI is InChI=1S/C50H27N3O2/c1-4-20-40-33(12-1)46-34(16-9-23-43(46)54-40)50-49(51-35-17-2-3-18-36(35)52-50)32-15-7-14-31-30(32)13-8-19-37(31)53-38-26-24-28-10-5-21-41-44(28)47(38)48-39(53)27-25-29-11-6-22-42(55-41)45(29)48/h1-27H. The van der Waals surface area contributed by atoms with Crippen LogP contribution in [0.5, 0.6) is 0 Å². The van der Waals surface area contributed by atoms with Gasteiger partial charge < -0.3 is 13.4 Å². The SMILES string of the molecule is c1ccc2nc(-c3cccc4oc5ccccc5c34)c(-c3cccc4c(-n5c6ccc7cccc8oc9cccc%10ccc5c(c%109)c6c78)cccc34)nc2c1. The maximum atomic E-state index is 6.69. The van der Waals surface area contributed by atoms with Crippen LogP contribution < -0.4 is 0 Å². The molecule has 13 rings (SSSR count). The summed E-state index contributed by atoms with van der Waals surface area (Å²) in [6.07, 6.45) is 0. The molecule has 0 saturated carbocycles. The van der Waals surface area contributed by atoms with Gasteiger partial charge in [-0.3, -0.25) is 0 Å². The topological polar surface area (TPSA) is 57.0 Å². The van der Waals surface area contributed by atoms with Crippen LogP contribution in [0.3, 0.4) is 0 Å². The molecular weight excluding hydrogens is 675 g/mol. The molecule has 0 aliphatic heterocycles. The highest BCUT2D eigenvalue weighted by Crippen LogP contribution is 2.47. The van der Waals surface area contributed by atoms with Crippen LogP contribution in [0.2, 0.25) is 0 Å². The smallest absolute Gasteiger partial charge is 0.136 e. The van der Waals surface area contributed by atoms with E-state index in [2.05, 4.69) is 120 Å². The largest absolute Gasteiger partial charge is 0.456 e. The van der Waals surface area contributed by atoms with Crippen molar-refractivity contribution in [3.63, 3.8) is 0 Å². The molecule has 0 atom stereocenters. The van der Waals surface area contributed by atoms with Gasteiger partial charge in [0.25, 0.3) is 0 Å². The van der Waals surface area contributed by atoms with E-state index in [4.69, 9.17) is 18.8 Å². The van der Waals surface area contributed by atoms with Crippen LogP contribution in [-0.4, -0.2) is 14.5 Å². The molecule has 55 heavy (non-hydrogen) atoms. The Hall–Kier alpha value is -7.50. The van der Waals surface area contributed by atoms with Gasteiger partial charge in [-0.05, 0) is 70.8 Å². The van der Waals surface area contributed by atoms with Crippen molar-refractivity contribution in [3.05, 3.63) is 164 Å².